The first-order chi connectivity index (χ1) is 8.80. The third kappa shape index (κ3) is 4.81. The highest BCUT2D eigenvalue weighted by Crippen LogP contribution is 2.49. The Morgan fingerprint density at radius 1 is 1.26 bits per heavy atom. The van der Waals surface area contributed by atoms with Crippen LogP contribution in [0.1, 0.15) is 32.1 Å². The van der Waals surface area contributed by atoms with Crippen LogP contribution in [0.3, 0.4) is 0 Å². The maximum absolute atomic E-state index is 11.9. The van der Waals surface area contributed by atoms with Gasteiger partial charge in [0, 0.05) is 6.54 Å². The molecule has 2 rings (SSSR count). The minimum absolute atomic E-state index is 0.129. The van der Waals surface area contributed by atoms with Crippen LogP contribution in [-0.4, -0.2) is 43.5 Å². The summed E-state index contributed by atoms with van der Waals surface area (Å²) < 4.78 is 23.8. The van der Waals surface area contributed by atoms with Crippen LogP contribution in [0, 0.1) is 11.3 Å². The average Bonchev–Trinajstić information content (AvgIpc) is 3.10. The topological polar surface area (TPSA) is 101 Å². The predicted molar refractivity (Wildman–Crippen MR) is 68.3 cm³/mol. The molecule has 0 spiro atoms. The molecule has 7 heteroatoms. The summed E-state index contributed by atoms with van der Waals surface area (Å²) in [6.45, 7) is 0.550. The van der Waals surface area contributed by atoms with Crippen LogP contribution in [-0.2, 0) is 19.4 Å². The first kappa shape index (κ1) is 14.3. The lowest BCUT2D eigenvalue weighted by Gasteiger charge is -2.12. The second-order valence-electron chi connectivity index (χ2n) is 5.85. The first-order valence-electron chi connectivity index (χ1n) is 6.49. The summed E-state index contributed by atoms with van der Waals surface area (Å²) in [5, 5.41) is 11.4. The van der Waals surface area contributed by atoms with Gasteiger partial charge in [0.05, 0.1) is 12.2 Å². The number of amides is 1. The number of hydrogen-bond donors (Lipinski definition) is 2. The van der Waals surface area contributed by atoms with Gasteiger partial charge in [0.1, 0.15) is 5.75 Å². The fraction of sp³-hybridized carbons (Fsp3) is 0.833. The normalized spacial score (nSPS) is 20.8. The van der Waals surface area contributed by atoms with Gasteiger partial charge in [-0.05, 0) is 37.0 Å². The third-order valence-corrected chi connectivity index (χ3v) is 5.40. The van der Waals surface area contributed by atoms with E-state index in [2.05, 4.69) is 5.32 Å². The van der Waals surface area contributed by atoms with Gasteiger partial charge in [-0.15, -0.1) is 0 Å². The van der Waals surface area contributed by atoms with E-state index >= 15 is 0 Å². The minimum atomic E-state index is -3.52. The van der Waals surface area contributed by atoms with Gasteiger partial charge in [-0.25, -0.2) is 8.42 Å². The van der Waals surface area contributed by atoms with Crippen LogP contribution >= 0.6 is 0 Å². The van der Waals surface area contributed by atoms with Crippen molar-refractivity contribution in [2.75, 3.05) is 18.1 Å². The highest BCUT2D eigenvalue weighted by Gasteiger charge is 2.47. The zero-order valence-electron chi connectivity index (χ0n) is 10.7. The Bertz CT molecular complexity index is 476. The molecule has 2 fully saturated rings. The number of carbonyl (C=O) groups is 2. The van der Waals surface area contributed by atoms with E-state index in [9.17, 15) is 18.0 Å². The van der Waals surface area contributed by atoms with Gasteiger partial charge in [-0.2, -0.15) is 0 Å². The monoisotopic (exact) mass is 289 g/mol. The highest BCUT2D eigenvalue weighted by molar-refractivity contribution is 7.92. The molecular formula is C12H19NO5S. The molecule has 2 saturated carbocycles. The summed E-state index contributed by atoms with van der Waals surface area (Å²) in [7, 11) is -3.52. The summed E-state index contributed by atoms with van der Waals surface area (Å²) in [4.78, 5) is 22.2. The van der Waals surface area contributed by atoms with Gasteiger partial charge in [0.15, 0.2) is 9.84 Å². The van der Waals surface area contributed by atoms with Crippen molar-refractivity contribution in [1.82, 2.24) is 5.32 Å². The Kier molecular flexibility index (Phi) is 3.85. The minimum Gasteiger partial charge on any atom is -0.481 e. The molecule has 0 radical (unpaired) electrons. The predicted octanol–water partition coefficient (Wildman–Crippen LogP) is 0.182. The Morgan fingerprint density at radius 3 is 2.37 bits per heavy atom. The van der Waals surface area contributed by atoms with Crippen molar-refractivity contribution in [3.63, 3.8) is 0 Å². The molecule has 108 valence electrons. The molecular weight excluding hydrogens is 270 g/mol. The van der Waals surface area contributed by atoms with Crippen LogP contribution in [0.5, 0.6) is 0 Å². The molecule has 0 aliphatic heterocycles. The Labute approximate surface area is 112 Å². The van der Waals surface area contributed by atoms with E-state index in [1.165, 1.54) is 0 Å². The van der Waals surface area contributed by atoms with Crippen molar-refractivity contribution in [2.45, 2.75) is 32.1 Å². The molecule has 0 saturated heterocycles. The molecule has 2 N–H and O–H groups in total. The second kappa shape index (κ2) is 5.11. The summed E-state index contributed by atoms with van der Waals surface area (Å²) in [6, 6.07) is 0. The summed E-state index contributed by atoms with van der Waals surface area (Å²) in [5.74, 6) is -1.66. The van der Waals surface area contributed by atoms with Crippen molar-refractivity contribution >= 4 is 21.7 Å². The molecule has 0 bridgehead atoms. The zero-order valence-corrected chi connectivity index (χ0v) is 11.5. The highest BCUT2D eigenvalue weighted by atomic mass is 32.2. The number of carbonyl (C=O) groups excluding carboxylic acids is 1. The lowest BCUT2D eigenvalue weighted by Crippen LogP contribution is -2.34. The van der Waals surface area contributed by atoms with E-state index in [0.29, 0.717) is 25.3 Å². The fourth-order valence-corrected chi connectivity index (χ4v) is 4.15. The summed E-state index contributed by atoms with van der Waals surface area (Å²) >= 11 is 0. The standard InChI is InChI=1S/C12H19NO5S/c14-10(13-6-9-1-2-9)7-19(17,18)8-12(3-4-12)5-11(15)16/h9H,1-8H2,(H,13,14)(H,15,16). The Morgan fingerprint density at radius 2 is 1.89 bits per heavy atom. The number of aliphatic carboxylic acids is 1. The molecule has 0 aromatic heterocycles. The lowest BCUT2D eigenvalue weighted by molar-refractivity contribution is -0.138. The quantitative estimate of drug-likeness (QED) is 0.664. The largest absolute Gasteiger partial charge is 0.481 e. The SMILES string of the molecule is O=C(O)CC1(CS(=O)(=O)CC(=O)NCC2CC2)CC1. The van der Waals surface area contributed by atoms with Crippen molar-refractivity contribution in [2.24, 2.45) is 11.3 Å². The van der Waals surface area contributed by atoms with Crippen LogP contribution in [0.2, 0.25) is 0 Å². The van der Waals surface area contributed by atoms with Crippen molar-refractivity contribution < 1.29 is 23.1 Å². The van der Waals surface area contributed by atoms with Gasteiger partial charge < -0.3 is 10.4 Å². The number of nitrogens with one attached hydrogen (secondary N) is 1. The maximum atomic E-state index is 11.9. The van der Waals surface area contributed by atoms with E-state index in [1.54, 1.807) is 0 Å². The van der Waals surface area contributed by atoms with Crippen molar-refractivity contribution in [3.05, 3.63) is 0 Å². The first-order valence-corrected chi connectivity index (χ1v) is 8.31. The molecule has 19 heavy (non-hydrogen) atoms. The molecule has 0 aromatic rings. The molecule has 0 unspecified atom stereocenters. The second-order valence-corrected chi connectivity index (χ2v) is 7.91. The number of hydrogen-bond acceptors (Lipinski definition) is 4. The van der Waals surface area contributed by atoms with Crippen LogP contribution in [0.4, 0.5) is 0 Å². The van der Waals surface area contributed by atoms with E-state index in [-0.39, 0.29) is 12.2 Å². The molecule has 2 aliphatic carbocycles. The van der Waals surface area contributed by atoms with Gasteiger partial charge in [-0.3, -0.25) is 9.59 Å². The van der Waals surface area contributed by atoms with Gasteiger partial charge in [-0.1, -0.05) is 0 Å². The molecule has 6 nitrogen and oxygen atoms in total. The van der Waals surface area contributed by atoms with Gasteiger partial charge in [0.2, 0.25) is 5.91 Å². The van der Waals surface area contributed by atoms with E-state index in [4.69, 9.17) is 5.11 Å². The Hall–Kier alpha value is -1.11. The summed E-state index contributed by atoms with van der Waals surface area (Å²) in [6.07, 6.45) is 3.28. The number of carboxylic acid groups (broad SMARTS) is 1. The van der Waals surface area contributed by atoms with Crippen LogP contribution in [0.25, 0.3) is 0 Å². The van der Waals surface area contributed by atoms with Crippen molar-refractivity contribution in [3.8, 4) is 0 Å². The summed E-state index contributed by atoms with van der Waals surface area (Å²) in [5.41, 5.74) is -0.624. The van der Waals surface area contributed by atoms with E-state index in [0.717, 1.165) is 12.8 Å². The third-order valence-electron chi connectivity index (χ3n) is 3.65. The maximum Gasteiger partial charge on any atom is 0.303 e. The number of carboxylic acids is 1. The van der Waals surface area contributed by atoms with Crippen LogP contribution in [0.15, 0.2) is 0 Å². The van der Waals surface area contributed by atoms with Gasteiger partial charge >= 0.3 is 5.97 Å². The molecule has 0 heterocycles. The smallest absolute Gasteiger partial charge is 0.303 e. The average molecular weight is 289 g/mol. The van der Waals surface area contributed by atoms with Crippen LogP contribution < -0.4 is 5.32 Å². The molecule has 0 aromatic carbocycles. The number of sulfone groups is 1. The molecule has 0 atom stereocenters. The van der Waals surface area contributed by atoms with Crippen molar-refractivity contribution in [1.29, 1.82) is 0 Å². The lowest BCUT2D eigenvalue weighted by atomic mass is 10.1. The van der Waals surface area contributed by atoms with E-state index < -0.39 is 32.9 Å². The Balaban J connectivity index is 1.80. The zero-order chi connectivity index (χ0) is 14.1. The number of rotatable bonds is 8. The molecule has 1 amide bonds. The van der Waals surface area contributed by atoms with Gasteiger partial charge in [0.25, 0.3) is 0 Å². The van der Waals surface area contributed by atoms with E-state index in [1.807, 2.05) is 0 Å². The molecule has 2 aliphatic rings. The fourth-order valence-electron chi connectivity index (χ4n) is 2.22.